The molecular weight excluding hydrogens is 108 g/mol. The van der Waals surface area contributed by atoms with Crippen LogP contribution in [0.15, 0.2) is 12.2 Å². The highest BCUT2D eigenvalue weighted by Gasteiger charge is 2.19. The summed E-state index contributed by atoms with van der Waals surface area (Å²) >= 11 is 0. The lowest BCUT2D eigenvalue weighted by Crippen LogP contribution is -2.13. The molecule has 0 atom stereocenters. The van der Waals surface area contributed by atoms with E-state index in [1.54, 1.807) is 0 Å². The molecule has 52 valence electrons. The van der Waals surface area contributed by atoms with Gasteiger partial charge in [0.2, 0.25) is 0 Å². The number of hydrogen-bond donors (Lipinski definition) is 0. The molecule has 1 aliphatic rings. The number of allylic oxidation sites excluding steroid dienone is 1. The summed E-state index contributed by atoms with van der Waals surface area (Å²) in [4.78, 5) is 0. The molecule has 0 nitrogen and oxygen atoms in total. The Labute approximate surface area is 58.0 Å². The van der Waals surface area contributed by atoms with E-state index < -0.39 is 0 Å². The van der Waals surface area contributed by atoms with E-state index in [-0.39, 0.29) is 0 Å². The molecule has 0 aromatic carbocycles. The Morgan fingerprint density at radius 2 is 2.22 bits per heavy atom. The maximum Gasteiger partial charge on any atom is -0.0291 e. The van der Waals surface area contributed by atoms with E-state index in [0.29, 0.717) is 0 Å². The van der Waals surface area contributed by atoms with Crippen molar-refractivity contribution in [3.05, 3.63) is 12.2 Å². The molecule has 1 saturated carbocycles. The quantitative estimate of drug-likeness (QED) is 0.507. The monoisotopic (exact) mass is 124 g/mol. The van der Waals surface area contributed by atoms with Gasteiger partial charge in [0.05, 0.1) is 0 Å². The highest BCUT2D eigenvalue weighted by atomic mass is 14.2. The number of rotatable bonds is 3. The van der Waals surface area contributed by atoms with Gasteiger partial charge in [-0.15, -0.1) is 0 Å². The van der Waals surface area contributed by atoms with Crippen molar-refractivity contribution >= 4 is 0 Å². The predicted octanol–water partition coefficient (Wildman–Crippen LogP) is 3.14. The van der Waals surface area contributed by atoms with Crippen LogP contribution in [0.3, 0.4) is 0 Å². The third kappa shape index (κ3) is 1.85. The van der Waals surface area contributed by atoms with Crippen molar-refractivity contribution < 1.29 is 0 Å². The van der Waals surface area contributed by atoms with Crippen molar-refractivity contribution in [1.82, 2.24) is 0 Å². The Bertz CT molecular complexity index is 94.6. The van der Waals surface area contributed by atoms with Crippen LogP contribution in [-0.4, -0.2) is 0 Å². The molecule has 0 aliphatic heterocycles. The van der Waals surface area contributed by atoms with Gasteiger partial charge in [-0.25, -0.2) is 0 Å². The summed E-state index contributed by atoms with van der Waals surface area (Å²) in [6.45, 7) is 6.18. The van der Waals surface area contributed by atoms with Crippen LogP contribution in [0.1, 0.15) is 39.0 Å². The molecule has 0 amide bonds. The highest BCUT2D eigenvalue weighted by Crippen LogP contribution is 2.34. The summed E-state index contributed by atoms with van der Waals surface area (Å²) < 4.78 is 0. The zero-order valence-corrected chi connectivity index (χ0v) is 6.32. The molecule has 0 N–H and O–H groups in total. The molecule has 0 bridgehead atoms. The average Bonchev–Trinajstić information content (AvgIpc) is 1.78. The van der Waals surface area contributed by atoms with E-state index >= 15 is 0 Å². The van der Waals surface area contributed by atoms with Gasteiger partial charge in [-0.2, -0.15) is 0 Å². The fraction of sp³-hybridized carbons (Fsp3) is 0.778. The first kappa shape index (κ1) is 6.85. The van der Waals surface area contributed by atoms with Crippen LogP contribution in [-0.2, 0) is 0 Å². The van der Waals surface area contributed by atoms with Gasteiger partial charge in [0, 0.05) is 0 Å². The Kier molecular flexibility index (Phi) is 2.32. The van der Waals surface area contributed by atoms with Gasteiger partial charge in [0.15, 0.2) is 0 Å². The van der Waals surface area contributed by atoms with Gasteiger partial charge in [-0.05, 0) is 25.2 Å². The van der Waals surface area contributed by atoms with Crippen molar-refractivity contribution in [2.75, 3.05) is 0 Å². The maximum atomic E-state index is 3.92. The van der Waals surface area contributed by atoms with E-state index in [1.165, 1.54) is 37.7 Å². The Morgan fingerprint density at radius 3 is 2.67 bits per heavy atom. The average molecular weight is 124 g/mol. The van der Waals surface area contributed by atoms with Gasteiger partial charge in [-0.3, -0.25) is 0 Å². The fourth-order valence-electron chi connectivity index (χ4n) is 1.45. The van der Waals surface area contributed by atoms with E-state index in [1.807, 2.05) is 0 Å². The standard InChI is InChI=1S/C9H16/c1-3-4-5-9-6-8(2)7-9/h9H,2-7H2,1H3. The molecule has 9 heavy (non-hydrogen) atoms. The summed E-state index contributed by atoms with van der Waals surface area (Å²) in [7, 11) is 0. The first-order chi connectivity index (χ1) is 4.33. The molecule has 1 aliphatic carbocycles. The Balaban J connectivity index is 1.97. The highest BCUT2D eigenvalue weighted by molar-refractivity contribution is 5.07. The molecule has 0 spiro atoms. The summed E-state index contributed by atoms with van der Waals surface area (Å²) in [5, 5.41) is 0. The lowest BCUT2D eigenvalue weighted by Gasteiger charge is -2.27. The molecule has 0 heterocycles. The smallest absolute Gasteiger partial charge is 0.0291 e. The van der Waals surface area contributed by atoms with Crippen molar-refractivity contribution in [3.8, 4) is 0 Å². The van der Waals surface area contributed by atoms with Crippen molar-refractivity contribution in [2.24, 2.45) is 5.92 Å². The molecule has 0 saturated heterocycles. The molecule has 0 aromatic heterocycles. The van der Waals surface area contributed by atoms with Crippen LogP contribution in [0.5, 0.6) is 0 Å². The van der Waals surface area contributed by atoms with Gasteiger partial charge >= 0.3 is 0 Å². The minimum Gasteiger partial charge on any atom is -0.0998 e. The zero-order chi connectivity index (χ0) is 6.69. The molecular formula is C9H16. The minimum absolute atomic E-state index is 1.01. The fourth-order valence-corrected chi connectivity index (χ4v) is 1.45. The van der Waals surface area contributed by atoms with E-state index in [2.05, 4.69) is 13.5 Å². The van der Waals surface area contributed by atoms with Crippen LogP contribution in [0.4, 0.5) is 0 Å². The second-order valence-corrected chi connectivity index (χ2v) is 3.17. The number of hydrogen-bond acceptors (Lipinski definition) is 0. The normalized spacial score (nSPS) is 19.9. The number of unbranched alkanes of at least 4 members (excludes halogenated alkanes) is 1. The lowest BCUT2D eigenvalue weighted by atomic mass is 9.78. The van der Waals surface area contributed by atoms with Gasteiger partial charge in [0.25, 0.3) is 0 Å². The third-order valence-corrected chi connectivity index (χ3v) is 2.12. The topological polar surface area (TPSA) is 0 Å². The molecule has 0 radical (unpaired) electrons. The first-order valence-electron chi connectivity index (χ1n) is 3.99. The molecule has 0 heteroatoms. The van der Waals surface area contributed by atoms with E-state index in [4.69, 9.17) is 0 Å². The summed E-state index contributed by atoms with van der Waals surface area (Å²) in [5.74, 6) is 1.01. The van der Waals surface area contributed by atoms with E-state index in [9.17, 15) is 0 Å². The summed E-state index contributed by atoms with van der Waals surface area (Å²) in [6, 6.07) is 0. The molecule has 1 rings (SSSR count). The largest absolute Gasteiger partial charge is 0.0998 e. The Hall–Kier alpha value is -0.260. The maximum absolute atomic E-state index is 3.92. The van der Waals surface area contributed by atoms with Crippen LogP contribution in [0.25, 0.3) is 0 Å². The van der Waals surface area contributed by atoms with Gasteiger partial charge < -0.3 is 0 Å². The minimum atomic E-state index is 1.01. The Morgan fingerprint density at radius 1 is 1.56 bits per heavy atom. The van der Waals surface area contributed by atoms with Crippen LogP contribution >= 0.6 is 0 Å². The van der Waals surface area contributed by atoms with Crippen molar-refractivity contribution in [1.29, 1.82) is 0 Å². The zero-order valence-electron chi connectivity index (χ0n) is 6.32. The molecule has 0 unspecified atom stereocenters. The van der Waals surface area contributed by atoms with Crippen molar-refractivity contribution in [2.45, 2.75) is 39.0 Å². The summed E-state index contributed by atoms with van der Waals surface area (Å²) in [6.07, 6.45) is 6.84. The van der Waals surface area contributed by atoms with Gasteiger partial charge in [-0.1, -0.05) is 31.9 Å². The second kappa shape index (κ2) is 3.05. The lowest BCUT2D eigenvalue weighted by molar-refractivity contribution is 0.378. The van der Waals surface area contributed by atoms with Crippen LogP contribution < -0.4 is 0 Å². The van der Waals surface area contributed by atoms with E-state index in [0.717, 1.165) is 5.92 Å². The second-order valence-electron chi connectivity index (χ2n) is 3.17. The summed E-state index contributed by atoms with van der Waals surface area (Å²) in [5.41, 5.74) is 1.47. The predicted molar refractivity (Wildman–Crippen MR) is 41.4 cm³/mol. The SMILES string of the molecule is C=C1CC(CCCC)C1. The van der Waals surface area contributed by atoms with Crippen LogP contribution in [0.2, 0.25) is 0 Å². The first-order valence-corrected chi connectivity index (χ1v) is 3.99. The molecule has 0 aromatic rings. The van der Waals surface area contributed by atoms with Crippen molar-refractivity contribution in [3.63, 3.8) is 0 Å². The van der Waals surface area contributed by atoms with Gasteiger partial charge in [0.1, 0.15) is 0 Å². The molecule has 1 fully saturated rings. The van der Waals surface area contributed by atoms with Crippen LogP contribution in [0, 0.1) is 5.92 Å². The third-order valence-electron chi connectivity index (χ3n) is 2.12.